The van der Waals surface area contributed by atoms with Gasteiger partial charge in [-0.15, -0.1) is 10.2 Å². The van der Waals surface area contributed by atoms with Gasteiger partial charge in [0.25, 0.3) is 22.7 Å². The number of nitrogens with zero attached hydrogens (tertiary/aromatic N) is 5. The number of hydrazone groups is 1. The smallest absolute Gasteiger partial charge is 0.282 e. The Labute approximate surface area is 179 Å². The molecule has 2 aromatic carbocycles. The largest absolute Gasteiger partial charge is 0.411 e. The van der Waals surface area contributed by atoms with Gasteiger partial charge in [-0.1, -0.05) is 42.1 Å². The van der Waals surface area contributed by atoms with E-state index in [0.717, 1.165) is 11.8 Å². The molecule has 1 aliphatic rings. The Morgan fingerprint density at radius 3 is 2.68 bits per heavy atom. The molecule has 3 aromatic rings. The van der Waals surface area contributed by atoms with E-state index < -0.39 is 10.8 Å². The van der Waals surface area contributed by atoms with Gasteiger partial charge in [-0.3, -0.25) is 19.7 Å². The molecule has 0 atom stereocenters. The lowest BCUT2D eigenvalue weighted by Crippen LogP contribution is -2.31. The van der Waals surface area contributed by atoms with Crippen molar-refractivity contribution in [2.45, 2.75) is 11.6 Å². The van der Waals surface area contributed by atoms with E-state index >= 15 is 0 Å². The first-order valence-corrected chi connectivity index (χ1v) is 9.95. The summed E-state index contributed by atoms with van der Waals surface area (Å²) < 4.78 is 5.44. The predicted octanol–water partition coefficient (Wildman–Crippen LogP) is 2.60. The SMILES string of the molecule is O=C(CSc1nnc(-c2ccccc2[N+](=O)[O-])o1)NC1=NN(c2ccccc2)C(=O)C1. The summed E-state index contributed by atoms with van der Waals surface area (Å²) in [6, 6.07) is 14.9. The number of amidine groups is 1. The molecule has 0 saturated carbocycles. The number of nitro groups is 1. The van der Waals surface area contributed by atoms with Crippen LogP contribution in [0.25, 0.3) is 11.5 Å². The fourth-order valence-electron chi connectivity index (χ4n) is 2.79. The van der Waals surface area contributed by atoms with Crippen LogP contribution in [-0.2, 0) is 9.59 Å². The lowest BCUT2D eigenvalue weighted by molar-refractivity contribution is -0.384. The Morgan fingerprint density at radius 1 is 1.16 bits per heavy atom. The quantitative estimate of drug-likeness (QED) is 0.351. The fraction of sp³-hybridized carbons (Fsp3) is 0.105. The second kappa shape index (κ2) is 8.75. The first-order chi connectivity index (χ1) is 15.0. The summed E-state index contributed by atoms with van der Waals surface area (Å²) in [7, 11) is 0. The van der Waals surface area contributed by atoms with Gasteiger partial charge in [0.05, 0.1) is 22.8 Å². The molecule has 0 aliphatic carbocycles. The topological polar surface area (TPSA) is 144 Å². The maximum absolute atomic E-state index is 12.2. The average Bonchev–Trinajstić information content (AvgIpc) is 3.39. The van der Waals surface area contributed by atoms with E-state index in [0.29, 0.717) is 5.69 Å². The number of hydrogen-bond acceptors (Lipinski definition) is 9. The van der Waals surface area contributed by atoms with Gasteiger partial charge in [-0.05, 0) is 18.2 Å². The molecule has 0 bridgehead atoms. The van der Waals surface area contributed by atoms with Gasteiger partial charge in [0.2, 0.25) is 5.91 Å². The summed E-state index contributed by atoms with van der Waals surface area (Å²) in [6.45, 7) is 0. The van der Waals surface area contributed by atoms with Crippen molar-refractivity contribution in [1.29, 1.82) is 0 Å². The number of benzene rings is 2. The van der Waals surface area contributed by atoms with Crippen molar-refractivity contribution < 1.29 is 18.9 Å². The predicted molar refractivity (Wildman–Crippen MR) is 111 cm³/mol. The highest BCUT2D eigenvalue weighted by Gasteiger charge is 2.26. The number of para-hydroxylation sites is 2. The molecule has 31 heavy (non-hydrogen) atoms. The summed E-state index contributed by atoms with van der Waals surface area (Å²) >= 11 is 0.964. The zero-order chi connectivity index (χ0) is 21.8. The summed E-state index contributed by atoms with van der Waals surface area (Å²) in [4.78, 5) is 35.0. The van der Waals surface area contributed by atoms with Crippen molar-refractivity contribution in [2.24, 2.45) is 5.10 Å². The summed E-state index contributed by atoms with van der Waals surface area (Å²) in [6.07, 6.45) is -0.0202. The number of anilines is 1. The number of nitro benzene ring substituents is 1. The number of thioether (sulfide) groups is 1. The zero-order valence-corrected chi connectivity index (χ0v) is 16.6. The first kappa shape index (κ1) is 20.2. The molecule has 0 unspecified atom stereocenters. The number of carbonyl (C=O) groups excluding carboxylic acids is 2. The molecule has 1 aromatic heterocycles. The minimum atomic E-state index is -0.540. The van der Waals surface area contributed by atoms with Gasteiger partial charge < -0.3 is 9.73 Å². The molecule has 1 N–H and O–H groups in total. The molecular formula is C19H14N6O5S. The molecule has 0 radical (unpaired) electrons. The number of hydrogen-bond donors (Lipinski definition) is 1. The van der Waals surface area contributed by atoms with Crippen LogP contribution in [0, 0.1) is 10.1 Å². The van der Waals surface area contributed by atoms with Gasteiger partial charge >= 0.3 is 0 Å². The minimum absolute atomic E-state index is 0.0144. The number of amides is 2. The van der Waals surface area contributed by atoms with Crippen LogP contribution in [0.3, 0.4) is 0 Å². The molecule has 0 spiro atoms. The van der Waals surface area contributed by atoms with Crippen LogP contribution in [0.5, 0.6) is 0 Å². The average molecular weight is 438 g/mol. The van der Waals surface area contributed by atoms with E-state index in [-0.39, 0.29) is 46.3 Å². The van der Waals surface area contributed by atoms with Gasteiger partial charge in [-0.2, -0.15) is 10.1 Å². The third kappa shape index (κ3) is 4.59. The van der Waals surface area contributed by atoms with Crippen LogP contribution in [0.15, 0.2) is 69.3 Å². The first-order valence-electron chi connectivity index (χ1n) is 8.96. The lowest BCUT2D eigenvalue weighted by Gasteiger charge is -2.10. The Kier molecular flexibility index (Phi) is 5.71. The van der Waals surface area contributed by atoms with Gasteiger partial charge in [0.1, 0.15) is 11.4 Å². The maximum Gasteiger partial charge on any atom is 0.282 e. The van der Waals surface area contributed by atoms with Crippen molar-refractivity contribution in [2.75, 3.05) is 10.8 Å². The molecule has 1 aliphatic heterocycles. The molecule has 0 fully saturated rings. The normalized spacial score (nSPS) is 13.2. The van der Waals surface area contributed by atoms with Crippen molar-refractivity contribution in [1.82, 2.24) is 15.5 Å². The Hall–Kier alpha value is -4.06. The molecule has 4 rings (SSSR count). The lowest BCUT2D eigenvalue weighted by atomic mass is 10.2. The van der Waals surface area contributed by atoms with Crippen LogP contribution in [-0.4, -0.2) is 38.5 Å². The van der Waals surface area contributed by atoms with Crippen LogP contribution < -0.4 is 10.3 Å². The third-order valence-corrected chi connectivity index (χ3v) is 4.94. The number of aromatic nitrogens is 2. The summed E-state index contributed by atoms with van der Waals surface area (Å²) in [5, 5.41) is 26.8. The van der Waals surface area contributed by atoms with Crippen molar-refractivity contribution in [3.63, 3.8) is 0 Å². The Bertz CT molecular complexity index is 1180. The van der Waals surface area contributed by atoms with E-state index in [9.17, 15) is 19.7 Å². The second-order valence-electron chi connectivity index (χ2n) is 6.25. The van der Waals surface area contributed by atoms with E-state index in [1.165, 1.54) is 23.2 Å². The van der Waals surface area contributed by atoms with E-state index in [1.54, 1.807) is 30.3 Å². The van der Waals surface area contributed by atoms with Crippen LogP contribution in [0.1, 0.15) is 6.42 Å². The van der Waals surface area contributed by atoms with Crippen LogP contribution >= 0.6 is 11.8 Å². The highest BCUT2D eigenvalue weighted by molar-refractivity contribution is 7.99. The Morgan fingerprint density at radius 2 is 1.90 bits per heavy atom. The highest BCUT2D eigenvalue weighted by atomic mass is 32.2. The van der Waals surface area contributed by atoms with Gasteiger partial charge in [0, 0.05) is 6.07 Å². The second-order valence-corrected chi connectivity index (χ2v) is 7.18. The number of rotatable bonds is 6. The van der Waals surface area contributed by atoms with Crippen molar-refractivity contribution in [3.8, 4) is 11.5 Å². The third-order valence-electron chi connectivity index (χ3n) is 4.12. The summed E-state index contributed by atoms with van der Waals surface area (Å²) in [5.74, 6) is -0.501. The molecule has 2 amide bonds. The monoisotopic (exact) mass is 438 g/mol. The number of nitrogens with one attached hydrogen (secondary N) is 1. The van der Waals surface area contributed by atoms with E-state index in [2.05, 4.69) is 20.6 Å². The molecule has 0 saturated heterocycles. The standard InChI is InChI=1S/C19H14N6O5S/c26-16(20-15-10-17(27)24(23-15)12-6-2-1-3-7-12)11-31-19-22-21-18(30-19)13-8-4-5-9-14(13)25(28)29/h1-9H,10-11H2,(H,20,23,26). The van der Waals surface area contributed by atoms with Crippen LogP contribution in [0.4, 0.5) is 11.4 Å². The molecule has 2 heterocycles. The molecule has 12 heteroatoms. The molecule has 156 valence electrons. The van der Waals surface area contributed by atoms with E-state index in [1.807, 2.05) is 6.07 Å². The minimum Gasteiger partial charge on any atom is -0.411 e. The summed E-state index contributed by atoms with van der Waals surface area (Å²) in [5.41, 5.74) is 0.642. The maximum atomic E-state index is 12.2. The molecule has 11 nitrogen and oxygen atoms in total. The Balaban J connectivity index is 1.36. The van der Waals surface area contributed by atoms with Gasteiger partial charge in [0.15, 0.2) is 0 Å². The van der Waals surface area contributed by atoms with Gasteiger partial charge in [-0.25, -0.2) is 0 Å². The van der Waals surface area contributed by atoms with Crippen molar-refractivity contribution >= 4 is 40.8 Å². The zero-order valence-electron chi connectivity index (χ0n) is 15.8. The van der Waals surface area contributed by atoms with Crippen LogP contribution in [0.2, 0.25) is 0 Å². The fourth-order valence-corrected chi connectivity index (χ4v) is 3.35. The number of carbonyl (C=O) groups is 2. The highest BCUT2D eigenvalue weighted by Crippen LogP contribution is 2.30. The molecular weight excluding hydrogens is 424 g/mol. The van der Waals surface area contributed by atoms with E-state index in [4.69, 9.17) is 4.42 Å². The van der Waals surface area contributed by atoms with Crippen molar-refractivity contribution in [3.05, 3.63) is 64.7 Å².